The number of aryl methyl sites for hydroxylation is 1. The number of ether oxygens (including phenoxy) is 2. The molecule has 0 atom stereocenters. The third kappa shape index (κ3) is 4.63. The molecule has 7 heteroatoms. The highest BCUT2D eigenvalue weighted by Gasteiger charge is 2.11. The van der Waals surface area contributed by atoms with Crippen LogP contribution in [0, 0.1) is 19.7 Å². The average Bonchev–Trinajstić information content (AvgIpc) is 3.00. The summed E-state index contributed by atoms with van der Waals surface area (Å²) in [5.41, 5.74) is 3.75. The number of rotatable bonds is 6. The van der Waals surface area contributed by atoms with Crippen molar-refractivity contribution in [1.82, 2.24) is 9.78 Å². The van der Waals surface area contributed by atoms with Gasteiger partial charge in [0.15, 0.2) is 0 Å². The predicted molar refractivity (Wildman–Crippen MR) is 110 cm³/mol. The molecule has 0 unspecified atom stereocenters. The fraction of sp³-hybridized carbons (Fsp3) is 0.182. The lowest BCUT2D eigenvalue weighted by Gasteiger charge is -2.08. The number of amides is 1. The smallest absolute Gasteiger partial charge is 0.248 e. The number of methoxy groups -OCH3 is 2. The molecule has 1 N–H and O–H groups in total. The van der Waals surface area contributed by atoms with Gasteiger partial charge in [-0.2, -0.15) is 5.10 Å². The van der Waals surface area contributed by atoms with Crippen LogP contribution in [0.25, 0.3) is 11.8 Å². The Labute approximate surface area is 168 Å². The van der Waals surface area contributed by atoms with Crippen molar-refractivity contribution in [3.63, 3.8) is 0 Å². The van der Waals surface area contributed by atoms with Crippen molar-refractivity contribution in [2.24, 2.45) is 0 Å². The van der Waals surface area contributed by atoms with Crippen LogP contribution < -0.4 is 14.8 Å². The zero-order valence-electron chi connectivity index (χ0n) is 16.7. The van der Waals surface area contributed by atoms with Gasteiger partial charge in [-0.25, -0.2) is 9.07 Å². The average molecular weight is 395 g/mol. The molecule has 0 saturated heterocycles. The highest BCUT2D eigenvalue weighted by atomic mass is 19.1. The number of halogens is 1. The maximum absolute atomic E-state index is 13.2. The molecule has 6 nitrogen and oxygen atoms in total. The number of nitrogens with zero attached hydrogens (tertiary/aromatic N) is 2. The van der Waals surface area contributed by atoms with Crippen molar-refractivity contribution in [1.29, 1.82) is 0 Å². The van der Waals surface area contributed by atoms with Crippen molar-refractivity contribution in [2.75, 3.05) is 19.5 Å². The fourth-order valence-corrected chi connectivity index (χ4v) is 2.95. The molecule has 0 fully saturated rings. The van der Waals surface area contributed by atoms with Gasteiger partial charge < -0.3 is 14.8 Å². The third-order valence-corrected chi connectivity index (χ3v) is 4.44. The van der Waals surface area contributed by atoms with Gasteiger partial charge in [-0.05, 0) is 44.2 Å². The van der Waals surface area contributed by atoms with E-state index in [1.54, 1.807) is 55.3 Å². The van der Waals surface area contributed by atoms with Crippen molar-refractivity contribution in [2.45, 2.75) is 13.8 Å². The van der Waals surface area contributed by atoms with Crippen LogP contribution in [0.15, 0.2) is 48.5 Å². The van der Waals surface area contributed by atoms with Crippen LogP contribution in [-0.2, 0) is 4.79 Å². The van der Waals surface area contributed by atoms with Crippen LogP contribution in [0.2, 0.25) is 0 Å². The lowest BCUT2D eigenvalue weighted by Crippen LogP contribution is -2.08. The Morgan fingerprint density at radius 2 is 1.69 bits per heavy atom. The molecule has 3 aromatic rings. The molecule has 1 amide bonds. The first kappa shape index (κ1) is 20.1. The molecule has 0 spiro atoms. The minimum atomic E-state index is -0.304. The minimum absolute atomic E-state index is 0.298. The number of hydrogen-bond acceptors (Lipinski definition) is 4. The van der Waals surface area contributed by atoms with Gasteiger partial charge >= 0.3 is 0 Å². The van der Waals surface area contributed by atoms with E-state index < -0.39 is 0 Å². The van der Waals surface area contributed by atoms with E-state index >= 15 is 0 Å². The Balaban J connectivity index is 1.79. The summed E-state index contributed by atoms with van der Waals surface area (Å²) < 4.78 is 25.3. The molecule has 150 valence electrons. The van der Waals surface area contributed by atoms with Gasteiger partial charge in [-0.1, -0.05) is 0 Å². The molecule has 0 bridgehead atoms. The summed E-state index contributed by atoms with van der Waals surface area (Å²) in [6.45, 7) is 3.76. The summed E-state index contributed by atoms with van der Waals surface area (Å²) in [6.07, 6.45) is 3.16. The Morgan fingerprint density at radius 1 is 1.07 bits per heavy atom. The van der Waals surface area contributed by atoms with Crippen molar-refractivity contribution >= 4 is 17.7 Å². The summed E-state index contributed by atoms with van der Waals surface area (Å²) >= 11 is 0. The summed E-state index contributed by atoms with van der Waals surface area (Å²) in [4.78, 5) is 12.4. The standard InChI is InChI=1S/C22H22FN3O3/c1-14-21(15(2)26(25-14)18-7-5-16(23)6-8-18)9-10-22(27)24-17-11-19(28-3)13-20(12-17)29-4/h5-13H,1-4H3,(H,24,27)/b10-9+. The Kier molecular flexibility index (Phi) is 5.97. The Morgan fingerprint density at radius 3 is 2.28 bits per heavy atom. The zero-order chi connectivity index (χ0) is 21.0. The van der Waals surface area contributed by atoms with Crippen LogP contribution in [0.3, 0.4) is 0 Å². The molecule has 3 rings (SSSR count). The first-order chi connectivity index (χ1) is 13.9. The second-order valence-corrected chi connectivity index (χ2v) is 6.40. The predicted octanol–water partition coefficient (Wildman–Crippen LogP) is 4.30. The SMILES string of the molecule is COc1cc(NC(=O)/C=C/c2c(C)nn(-c3ccc(F)cc3)c2C)cc(OC)c1. The van der Waals surface area contributed by atoms with Crippen LogP contribution in [-0.4, -0.2) is 29.9 Å². The summed E-state index contributed by atoms with van der Waals surface area (Å²) in [5, 5.41) is 7.29. The van der Waals surface area contributed by atoms with E-state index in [2.05, 4.69) is 10.4 Å². The number of aromatic nitrogens is 2. The Hall–Kier alpha value is -3.61. The molecule has 2 aromatic carbocycles. The fourth-order valence-electron chi connectivity index (χ4n) is 2.95. The zero-order valence-corrected chi connectivity index (χ0v) is 16.7. The van der Waals surface area contributed by atoms with Crippen molar-refractivity contribution in [3.05, 3.63) is 71.3 Å². The van der Waals surface area contributed by atoms with E-state index in [9.17, 15) is 9.18 Å². The van der Waals surface area contributed by atoms with E-state index in [0.717, 1.165) is 22.6 Å². The summed E-state index contributed by atoms with van der Waals surface area (Å²) in [7, 11) is 3.09. The van der Waals surface area contributed by atoms with Gasteiger partial charge in [-0.15, -0.1) is 0 Å². The number of nitrogens with one attached hydrogen (secondary N) is 1. The van der Waals surface area contributed by atoms with Crippen LogP contribution in [0.4, 0.5) is 10.1 Å². The van der Waals surface area contributed by atoms with Crippen LogP contribution in [0.1, 0.15) is 17.0 Å². The van der Waals surface area contributed by atoms with Gasteiger partial charge in [0.2, 0.25) is 5.91 Å². The second kappa shape index (κ2) is 8.60. The van der Waals surface area contributed by atoms with E-state index in [1.807, 2.05) is 13.8 Å². The van der Waals surface area contributed by atoms with E-state index in [0.29, 0.717) is 17.2 Å². The van der Waals surface area contributed by atoms with Gasteiger partial charge in [0, 0.05) is 41.2 Å². The first-order valence-electron chi connectivity index (χ1n) is 8.95. The van der Waals surface area contributed by atoms with Gasteiger partial charge in [-0.3, -0.25) is 4.79 Å². The second-order valence-electron chi connectivity index (χ2n) is 6.40. The number of hydrogen-bond donors (Lipinski definition) is 1. The minimum Gasteiger partial charge on any atom is -0.497 e. The maximum atomic E-state index is 13.2. The van der Waals surface area contributed by atoms with E-state index in [-0.39, 0.29) is 11.7 Å². The molecular formula is C22H22FN3O3. The topological polar surface area (TPSA) is 65.4 Å². The van der Waals surface area contributed by atoms with E-state index in [4.69, 9.17) is 9.47 Å². The monoisotopic (exact) mass is 395 g/mol. The number of carbonyl (C=O) groups is 1. The third-order valence-electron chi connectivity index (χ3n) is 4.44. The van der Waals surface area contributed by atoms with Crippen LogP contribution >= 0.6 is 0 Å². The number of benzene rings is 2. The van der Waals surface area contributed by atoms with Crippen LogP contribution in [0.5, 0.6) is 11.5 Å². The van der Waals surface area contributed by atoms with Crippen molar-refractivity contribution in [3.8, 4) is 17.2 Å². The van der Waals surface area contributed by atoms with Gasteiger partial charge in [0.25, 0.3) is 0 Å². The molecule has 0 saturated carbocycles. The van der Waals surface area contributed by atoms with Crippen molar-refractivity contribution < 1.29 is 18.7 Å². The first-order valence-corrected chi connectivity index (χ1v) is 8.95. The Bertz CT molecular complexity index is 1030. The molecule has 0 radical (unpaired) electrons. The molecule has 29 heavy (non-hydrogen) atoms. The van der Waals surface area contributed by atoms with Gasteiger partial charge in [0.05, 0.1) is 25.6 Å². The quantitative estimate of drug-likeness (QED) is 0.632. The molecule has 0 aliphatic heterocycles. The molecule has 0 aliphatic carbocycles. The highest BCUT2D eigenvalue weighted by Crippen LogP contribution is 2.26. The summed E-state index contributed by atoms with van der Waals surface area (Å²) in [6, 6.07) is 11.2. The molecular weight excluding hydrogens is 373 g/mol. The normalized spacial score (nSPS) is 10.9. The molecule has 0 aliphatic rings. The lowest BCUT2D eigenvalue weighted by molar-refractivity contribution is -0.111. The molecule has 1 heterocycles. The largest absolute Gasteiger partial charge is 0.497 e. The highest BCUT2D eigenvalue weighted by molar-refractivity contribution is 6.02. The number of carbonyl (C=O) groups excluding carboxylic acids is 1. The lowest BCUT2D eigenvalue weighted by atomic mass is 10.2. The maximum Gasteiger partial charge on any atom is 0.248 e. The van der Waals surface area contributed by atoms with E-state index in [1.165, 1.54) is 18.2 Å². The van der Waals surface area contributed by atoms with Gasteiger partial charge in [0.1, 0.15) is 17.3 Å². The summed E-state index contributed by atoms with van der Waals surface area (Å²) in [5.74, 6) is 0.557. The number of anilines is 1. The molecule has 1 aromatic heterocycles.